The topological polar surface area (TPSA) is 107 Å². The van der Waals surface area contributed by atoms with E-state index >= 15 is 4.39 Å². The van der Waals surface area contributed by atoms with E-state index in [0.29, 0.717) is 30.9 Å². The molecule has 3 N–H and O–H groups in total. The lowest BCUT2D eigenvalue weighted by Crippen LogP contribution is -2.50. The van der Waals surface area contributed by atoms with Gasteiger partial charge in [-0.2, -0.15) is 5.10 Å². The van der Waals surface area contributed by atoms with Gasteiger partial charge in [0, 0.05) is 36.3 Å². The van der Waals surface area contributed by atoms with E-state index in [0.717, 1.165) is 5.69 Å². The number of halogens is 3. The van der Waals surface area contributed by atoms with Crippen LogP contribution >= 0.6 is 11.6 Å². The highest BCUT2D eigenvalue weighted by atomic mass is 35.5. The van der Waals surface area contributed by atoms with Gasteiger partial charge in [0.25, 0.3) is 0 Å². The second-order valence-electron chi connectivity index (χ2n) is 9.42. The molecule has 2 atom stereocenters. The van der Waals surface area contributed by atoms with Crippen molar-refractivity contribution in [2.45, 2.75) is 59.0 Å². The normalized spacial score (nSPS) is 20.4. The van der Waals surface area contributed by atoms with Crippen LogP contribution < -0.4 is 5.32 Å². The molecule has 0 amide bonds. The van der Waals surface area contributed by atoms with Gasteiger partial charge < -0.3 is 10.4 Å². The number of hydrogen-bond acceptors (Lipinski definition) is 6. The zero-order valence-electron chi connectivity index (χ0n) is 20.4. The van der Waals surface area contributed by atoms with Gasteiger partial charge in [0.05, 0.1) is 21.8 Å². The Morgan fingerprint density at radius 2 is 2.06 bits per heavy atom. The Bertz CT molecular complexity index is 1270. The smallest absolute Gasteiger partial charge is 0.310 e. The van der Waals surface area contributed by atoms with Crippen LogP contribution in [0.4, 0.5) is 20.5 Å². The average Bonchev–Trinajstić information content (AvgIpc) is 3.24. The molecular weight excluding hydrogens is 490 g/mol. The first-order valence-corrected chi connectivity index (χ1v) is 12.2. The number of H-pyrrole nitrogens is 1. The van der Waals surface area contributed by atoms with Crippen LogP contribution in [-0.4, -0.2) is 48.7 Å². The third kappa shape index (κ3) is 5.34. The molecule has 3 heterocycles. The standard InChI is InChI=1S/C25H29ClF2N6O2/c1-4-18-22(28)19(30-24(29-18)31-20-10-14(2)32-33-20)12-25(23(35)36)8-9-34(15(3)11-25)13-16-6-5-7-17(26)21(16)27/h5-7,10,15H,4,8-9,11-13H2,1-3H3,(H,35,36)(H2,29,30,31,32,33)/t15-,25-/m1/s1. The van der Waals surface area contributed by atoms with Crippen LogP contribution in [0.25, 0.3) is 0 Å². The molecule has 0 saturated carbocycles. The number of carboxylic acid groups (broad SMARTS) is 1. The summed E-state index contributed by atoms with van der Waals surface area (Å²) in [7, 11) is 0. The maximum atomic E-state index is 15.3. The van der Waals surface area contributed by atoms with E-state index in [1.165, 1.54) is 6.07 Å². The van der Waals surface area contributed by atoms with Crippen molar-refractivity contribution < 1.29 is 18.7 Å². The molecule has 11 heteroatoms. The van der Waals surface area contributed by atoms with Crippen molar-refractivity contribution in [3.63, 3.8) is 0 Å². The van der Waals surface area contributed by atoms with Gasteiger partial charge in [-0.1, -0.05) is 30.7 Å². The van der Waals surface area contributed by atoms with E-state index < -0.39 is 23.0 Å². The van der Waals surface area contributed by atoms with Crippen molar-refractivity contribution >= 4 is 29.3 Å². The molecule has 1 saturated heterocycles. The van der Waals surface area contributed by atoms with Crippen LogP contribution in [0.2, 0.25) is 5.02 Å². The Morgan fingerprint density at radius 1 is 1.31 bits per heavy atom. The molecule has 0 bridgehead atoms. The van der Waals surface area contributed by atoms with Gasteiger partial charge in [0.2, 0.25) is 5.95 Å². The summed E-state index contributed by atoms with van der Waals surface area (Å²) in [5.74, 6) is -1.41. The van der Waals surface area contributed by atoms with Crippen LogP contribution in [0, 0.1) is 24.0 Å². The summed E-state index contributed by atoms with van der Waals surface area (Å²) >= 11 is 5.92. The number of hydrogen-bond donors (Lipinski definition) is 3. The van der Waals surface area contributed by atoms with Crippen molar-refractivity contribution in [2.24, 2.45) is 5.41 Å². The minimum absolute atomic E-state index is 0.0532. The Hall–Kier alpha value is -3.11. The third-order valence-electron chi connectivity index (χ3n) is 6.82. The number of carbonyl (C=O) groups is 1. The lowest BCUT2D eigenvalue weighted by atomic mass is 9.72. The molecule has 1 aliphatic rings. The summed E-state index contributed by atoms with van der Waals surface area (Å²) in [6.45, 7) is 6.24. The molecule has 2 aromatic heterocycles. The molecule has 0 unspecified atom stereocenters. The number of aryl methyl sites for hydroxylation is 2. The Kier molecular flexibility index (Phi) is 7.56. The average molecular weight is 519 g/mol. The van der Waals surface area contributed by atoms with E-state index in [1.54, 1.807) is 25.1 Å². The first kappa shape index (κ1) is 26.0. The molecule has 1 aliphatic heterocycles. The summed E-state index contributed by atoms with van der Waals surface area (Å²) in [6, 6.07) is 6.43. The first-order valence-electron chi connectivity index (χ1n) is 11.9. The largest absolute Gasteiger partial charge is 0.481 e. The number of piperidine rings is 1. The van der Waals surface area contributed by atoms with Crippen LogP contribution in [0.1, 0.15) is 49.3 Å². The highest BCUT2D eigenvalue weighted by Crippen LogP contribution is 2.40. The van der Waals surface area contributed by atoms with Crippen molar-refractivity contribution in [1.29, 1.82) is 0 Å². The minimum Gasteiger partial charge on any atom is -0.481 e. The Balaban J connectivity index is 1.57. The van der Waals surface area contributed by atoms with E-state index in [1.807, 2.05) is 18.7 Å². The predicted octanol–water partition coefficient (Wildman–Crippen LogP) is 5.04. The van der Waals surface area contributed by atoms with Gasteiger partial charge in [0.1, 0.15) is 5.82 Å². The number of benzene rings is 1. The van der Waals surface area contributed by atoms with Gasteiger partial charge in [-0.15, -0.1) is 0 Å². The molecule has 0 aliphatic carbocycles. The molecule has 36 heavy (non-hydrogen) atoms. The van der Waals surface area contributed by atoms with Crippen molar-refractivity contribution in [1.82, 2.24) is 25.1 Å². The molecular formula is C25H29ClF2N6O2. The fourth-order valence-corrected chi connectivity index (χ4v) is 4.99. The van der Waals surface area contributed by atoms with Gasteiger partial charge >= 0.3 is 5.97 Å². The second-order valence-corrected chi connectivity index (χ2v) is 9.83. The summed E-state index contributed by atoms with van der Waals surface area (Å²) in [5, 5.41) is 20.2. The zero-order chi connectivity index (χ0) is 26.0. The highest BCUT2D eigenvalue weighted by molar-refractivity contribution is 6.30. The van der Waals surface area contributed by atoms with E-state index in [4.69, 9.17) is 11.6 Å². The number of aromatic amines is 1. The molecule has 4 rings (SSSR count). The zero-order valence-corrected chi connectivity index (χ0v) is 21.2. The number of carboxylic acids is 1. The Labute approximate surface area is 213 Å². The quantitative estimate of drug-likeness (QED) is 0.383. The number of rotatable bonds is 8. The number of nitrogens with one attached hydrogen (secondary N) is 2. The fourth-order valence-electron chi connectivity index (χ4n) is 4.80. The maximum Gasteiger partial charge on any atom is 0.310 e. The van der Waals surface area contributed by atoms with Gasteiger partial charge in [-0.05, 0) is 45.7 Å². The van der Waals surface area contributed by atoms with Crippen LogP contribution in [-0.2, 0) is 24.2 Å². The van der Waals surface area contributed by atoms with Gasteiger partial charge in [-0.3, -0.25) is 14.8 Å². The number of anilines is 2. The molecule has 0 spiro atoms. The Morgan fingerprint density at radius 3 is 2.69 bits per heavy atom. The van der Waals surface area contributed by atoms with E-state index in [9.17, 15) is 14.3 Å². The summed E-state index contributed by atoms with van der Waals surface area (Å²) < 4.78 is 29.7. The van der Waals surface area contributed by atoms with Crippen LogP contribution in [0.5, 0.6) is 0 Å². The molecule has 192 valence electrons. The number of aromatic nitrogens is 4. The molecule has 1 aromatic carbocycles. The highest BCUT2D eigenvalue weighted by Gasteiger charge is 2.45. The van der Waals surface area contributed by atoms with E-state index in [2.05, 4.69) is 25.5 Å². The SMILES string of the molecule is CCc1nc(Nc2cc(C)[nH]n2)nc(C[C@@]2(C(=O)O)CCN(Cc3cccc(Cl)c3F)[C@H](C)C2)c1F. The maximum absolute atomic E-state index is 15.3. The second kappa shape index (κ2) is 10.5. The molecule has 3 aromatic rings. The summed E-state index contributed by atoms with van der Waals surface area (Å²) in [6.07, 6.45) is 0.768. The first-order chi connectivity index (χ1) is 17.1. The van der Waals surface area contributed by atoms with Gasteiger partial charge in [-0.25, -0.2) is 18.7 Å². The number of likely N-dealkylation sites (tertiary alicyclic amines) is 1. The molecule has 8 nitrogen and oxygen atoms in total. The number of nitrogens with zero attached hydrogens (tertiary/aromatic N) is 4. The third-order valence-corrected chi connectivity index (χ3v) is 7.11. The summed E-state index contributed by atoms with van der Waals surface area (Å²) in [4.78, 5) is 23.2. The monoisotopic (exact) mass is 518 g/mol. The molecule has 1 fully saturated rings. The van der Waals surface area contributed by atoms with Crippen molar-refractivity contribution in [3.05, 3.63) is 63.6 Å². The summed E-state index contributed by atoms with van der Waals surface area (Å²) in [5.41, 5.74) is 0.330. The van der Waals surface area contributed by atoms with Crippen molar-refractivity contribution in [3.8, 4) is 0 Å². The van der Waals surface area contributed by atoms with Crippen LogP contribution in [0.15, 0.2) is 24.3 Å². The lowest BCUT2D eigenvalue weighted by molar-refractivity contribution is -0.153. The van der Waals surface area contributed by atoms with Gasteiger partial charge in [0.15, 0.2) is 11.6 Å². The fraction of sp³-hybridized carbons (Fsp3) is 0.440. The molecule has 0 radical (unpaired) electrons. The predicted molar refractivity (Wildman–Crippen MR) is 132 cm³/mol. The van der Waals surface area contributed by atoms with Crippen molar-refractivity contribution in [2.75, 3.05) is 11.9 Å². The minimum atomic E-state index is -1.22. The lowest BCUT2D eigenvalue weighted by Gasteiger charge is -2.43. The number of aliphatic carboxylic acids is 1. The van der Waals surface area contributed by atoms with E-state index in [-0.39, 0.29) is 47.7 Å². The van der Waals surface area contributed by atoms with Crippen LogP contribution in [0.3, 0.4) is 0 Å².